The van der Waals surface area contributed by atoms with Gasteiger partial charge in [0.05, 0.1) is 0 Å². The topological polar surface area (TPSA) is 58.6 Å². The molecule has 0 amide bonds. The Bertz CT molecular complexity index is 693. The van der Waals surface area contributed by atoms with Crippen molar-refractivity contribution in [2.24, 2.45) is 0 Å². The van der Waals surface area contributed by atoms with Crippen molar-refractivity contribution in [2.75, 3.05) is 18.5 Å². The highest BCUT2D eigenvalue weighted by molar-refractivity contribution is 5.93. The number of carbonyl (C=O) groups is 1. The van der Waals surface area contributed by atoms with Crippen LogP contribution in [0.4, 0.5) is 5.69 Å². The maximum Gasteiger partial charge on any atom is 0.342 e. The van der Waals surface area contributed by atoms with Crippen LogP contribution in [0.25, 0.3) is 6.08 Å². The van der Waals surface area contributed by atoms with Crippen LogP contribution in [-0.4, -0.2) is 24.2 Å². The highest BCUT2D eigenvalue weighted by Gasteiger charge is 2.12. The number of hydrogen-bond acceptors (Lipinski definition) is 4. The molecule has 2 aromatic rings. The number of nitrogens with one attached hydrogen (secondary N) is 1. The fourth-order valence-corrected chi connectivity index (χ4v) is 1.96. The molecule has 0 aliphatic carbocycles. The Hall–Kier alpha value is -3.01. The van der Waals surface area contributed by atoms with Gasteiger partial charge in [-0.25, -0.2) is 4.79 Å². The van der Waals surface area contributed by atoms with Crippen molar-refractivity contribution >= 4 is 17.7 Å². The van der Waals surface area contributed by atoms with Crippen LogP contribution in [0, 0.1) is 0 Å². The maximum absolute atomic E-state index is 11.8. The fourth-order valence-electron chi connectivity index (χ4n) is 1.96. The van der Waals surface area contributed by atoms with E-state index in [1.54, 1.807) is 12.1 Å². The number of esters is 1. The lowest BCUT2D eigenvalue weighted by Crippen LogP contribution is -2.07. The summed E-state index contributed by atoms with van der Waals surface area (Å²) in [5.41, 5.74) is 1.98. The van der Waals surface area contributed by atoms with Crippen molar-refractivity contribution in [3.63, 3.8) is 0 Å². The summed E-state index contributed by atoms with van der Waals surface area (Å²) in [5, 5.41) is 12.9. The summed E-state index contributed by atoms with van der Waals surface area (Å²) in [6, 6.07) is 14.7. The second-order valence-electron chi connectivity index (χ2n) is 4.81. The molecule has 0 aromatic heterocycles. The van der Waals surface area contributed by atoms with Crippen LogP contribution in [-0.2, 0) is 4.74 Å². The predicted molar refractivity (Wildman–Crippen MR) is 92.6 cm³/mol. The Morgan fingerprint density at radius 2 is 2.00 bits per heavy atom. The van der Waals surface area contributed by atoms with E-state index in [4.69, 9.17) is 4.74 Å². The van der Waals surface area contributed by atoms with Gasteiger partial charge in [-0.15, -0.1) is 0 Å². The number of aromatic hydroxyl groups is 1. The Balaban J connectivity index is 1.96. The molecule has 0 spiro atoms. The molecule has 2 N–H and O–H groups in total. The molecular formula is C19H19NO3. The van der Waals surface area contributed by atoms with Gasteiger partial charge in [0.25, 0.3) is 0 Å². The van der Waals surface area contributed by atoms with Crippen LogP contribution < -0.4 is 5.32 Å². The number of ether oxygens (including phenoxy) is 1. The van der Waals surface area contributed by atoms with Crippen molar-refractivity contribution in [1.82, 2.24) is 0 Å². The van der Waals surface area contributed by atoms with Crippen LogP contribution in [0.15, 0.2) is 67.3 Å². The third kappa shape index (κ3) is 5.04. The van der Waals surface area contributed by atoms with Gasteiger partial charge >= 0.3 is 5.97 Å². The Kier molecular flexibility index (Phi) is 6.00. The number of carbonyl (C=O) groups excluding carboxylic acids is 1. The van der Waals surface area contributed by atoms with E-state index in [0.717, 1.165) is 11.3 Å². The maximum atomic E-state index is 11.8. The van der Waals surface area contributed by atoms with Gasteiger partial charge in [-0.3, -0.25) is 0 Å². The summed E-state index contributed by atoms with van der Waals surface area (Å²) < 4.78 is 4.94. The first-order chi connectivity index (χ1) is 11.2. The number of anilines is 1. The van der Waals surface area contributed by atoms with Gasteiger partial charge in [0.15, 0.2) is 0 Å². The van der Waals surface area contributed by atoms with Gasteiger partial charge in [0, 0.05) is 12.2 Å². The quantitative estimate of drug-likeness (QED) is 0.463. The van der Waals surface area contributed by atoms with Crippen molar-refractivity contribution in [3.8, 4) is 5.75 Å². The van der Waals surface area contributed by atoms with E-state index < -0.39 is 5.97 Å². The molecular weight excluding hydrogens is 290 g/mol. The highest BCUT2D eigenvalue weighted by atomic mass is 16.5. The Labute approximate surface area is 135 Å². The smallest absolute Gasteiger partial charge is 0.342 e. The van der Waals surface area contributed by atoms with Crippen molar-refractivity contribution in [2.45, 2.75) is 0 Å². The molecule has 0 radical (unpaired) electrons. The van der Waals surface area contributed by atoms with Gasteiger partial charge in [-0.2, -0.15) is 0 Å². The molecule has 0 heterocycles. The molecule has 2 aromatic carbocycles. The highest BCUT2D eigenvalue weighted by Crippen LogP contribution is 2.22. The molecule has 2 rings (SSSR count). The Morgan fingerprint density at radius 1 is 1.22 bits per heavy atom. The zero-order valence-electron chi connectivity index (χ0n) is 12.7. The van der Waals surface area contributed by atoms with Gasteiger partial charge in [-0.1, -0.05) is 55.1 Å². The van der Waals surface area contributed by atoms with Crippen molar-refractivity contribution < 1.29 is 14.6 Å². The third-order valence-corrected chi connectivity index (χ3v) is 3.08. The zero-order chi connectivity index (χ0) is 16.5. The summed E-state index contributed by atoms with van der Waals surface area (Å²) in [6.45, 7) is 4.19. The molecule has 4 heteroatoms. The van der Waals surface area contributed by atoms with Gasteiger partial charge in [-0.05, 0) is 23.8 Å². The monoisotopic (exact) mass is 309 g/mol. The largest absolute Gasteiger partial charge is 0.507 e. The minimum Gasteiger partial charge on any atom is -0.507 e. The van der Waals surface area contributed by atoms with E-state index in [9.17, 15) is 9.90 Å². The minimum absolute atomic E-state index is 0.107. The van der Waals surface area contributed by atoms with Gasteiger partial charge < -0.3 is 15.2 Å². The summed E-state index contributed by atoms with van der Waals surface area (Å²) in [4.78, 5) is 11.8. The third-order valence-electron chi connectivity index (χ3n) is 3.08. The van der Waals surface area contributed by atoms with Gasteiger partial charge in [0.1, 0.15) is 17.9 Å². The first-order valence-electron chi connectivity index (χ1n) is 7.27. The molecule has 0 unspecified atom stereocenters. The van der Waals surface area contributed by atoms with Crippen LogP contribution >= 0.6 is 0 Å². The van der Waals surface area contributed by atoms with E-state index in [2.05, 4.69) is 11.9 Å². The predicted octanol–water partition coefficient (Wildman–Crippen LogP) is 3.86. The lowest BCUT2D eigenvalue weighted by atomic mass is 10.1. The molecule has 0 saturated carbocycles. The summed E-state index contributed by atoms with van der Waals surface area (Å²) in [5.74, 6) is -0.685. The number of phenols is 1. The molecule has 0 bridgehead atoms. The number of phenolic OH excluding ortho intramolecular Hbond substituents is 1. The van der Waals surface area contributed by atoms with E-state index in [1.807, 2.05) is 42.5 Å². The summed E-state index contributed by atoms with van der Waals surface area (Å²) in [7, 11) is 0. The first kappa shape index (κ1) is 16.4. The van der Waals surface area contributed by atoms with Crippen LogP contribution in [0.3, 0.4) is 0 Å². The standard InChI is InChI=1S/C19H19NO3/c1-2-13-23-19(22)17-14-16(10-11-18(17)21)20-12-6-9-15-7-4-3-5-8-15/h2-11,14,20-21H,1,12-13H2. The van der Waals surface area contributed by atoms with Crippen LogP contribution in [0.1, 0.15) is 15.9 Å². The van der Waals surface area contributed by atoms with E-state index in [0.29, 0.717) is 6.54 Å². The second-order valence-corrected chi connectivity index (χ2v) is 4.81. The molecule has 0 atom stereocenters. The lowest BCUT2D eigenvalue weighted by molar-refractivity contribution is 0.0546. The average molecular weight is 309 g/mol. The fraction of sp³-hybridized carbons (Fsp3) is 0.105. The molecule has 4 nitrogen and oxygen atoms in total. The molecule has 23 heavy (non-hydrogen) atoms. The van der Waals surface area contributed by atoms with E-state index in [-0.39, 0.29) is 17.9 Å². The normalized spacial score (nSPS) is 10.4. The van der Waals surface area contributed by atoms with Crippen molar-refractivity contribution in [1.29, 1.82) is 0 Å². The van der Waals surface area contributed by atoms with Crippen LogP contribution in [0.2, 0.25) is 0 Å². The lowest BCUT2D eigenvalue weighted by Gasteiger charge is -2.08. The molecule has 0 saturated heterocycles. The molecule has 0 fully saturated rings. The van der Waals surface area contributed by atoms with Crippen LogP contribution in [0.5, 0.6) is 5.75 Å². The summed E-state index contributed by atoms with van der Waals surface area (Å²) >= 11 is 0. The number of rotatable bonds is 7. The number of hydrogen-bond donors (Lipinski definition) is 2. The van der Waals surface area contributed by atoms with E-state index >= 15 is 0 Å². The van der Waals surface area contributed by atoms with Gasteiger partial charge in [0.2, 0.25) is 0 Å². The molecule has 0 aliphatic heterocycles. The number of benzene rings is 2. The SMILES string of the molecule is C=CCOC(=O)c1cc(NCC=Cc2ccccc2)ccc1O. The molecule has 0 aliphatic rings. The second kappa shape index (κ2) is 8.44. The summed E-state index contributed by atoms with van der Waals surface area (Å²) in [6.07, 6.45) is 5.47. The first-order valence-corrected chi connectivity index (χ1v) is 7.27. The van der Waals surface area contributed by atoms with Crippen molar-refractivity contribution in [3.05, 3.63) is 78.4 Å². The minimum atomic E-state index is -0.578. The zero-order valence-corrected chi connectivity index (χ0v) is 12.7. The average Bonchev–Trinajstić information content (AvgIpc) is 2.59. The molecule has 118 valence electrons. The van der Waals surface area contributed by atoms with E-state index in [1.165, 1.54) is 12.1 Å². The Morgan fingerprint density at radius 3 is 2.74 bits per heavy atom.